The van der Waals surface area contributed by atoms with Gasteiger partial charge >= 0.3 is 0 Å². The van der Waals surface area contributed by atoms with Crippen molar-refractivity contribution in [3.63, 3.8) is 0 Å². The second kappa shape index (κ2) is 11.5. The predicted molar refractivity (Wildman–Crippen MR) is 226 cm³/mol. The maximum Gasteiger partial charge on any atom is 0.160 e. The summed E-state index contributed by atoms with van der Waals surface area (Å²) in [6.07, 6.45) is 0. The lowest BCUT2D eigenvalue weighted by Crippen LogP contribution is -1.97. The van der Waals surface area contributed by atoms with E-state index in [0.29, 0.717) is 5.82 Å². The molecule has 5 nitrogen and oxygen atoms in total. The molecule has 4 aromatic heterocycles. The van der Waals surface area contributed by atoms with Crippen molar-refractivity contribution in [3.05, 3.63) is 182 Å². The van der Waals surface area contributed by atoms with Crippen LogP contribution in [0.25, 0.3) is 110 Å². The third-order valence-electron chi connectivity index (χ3n) is 11.1. The van der Waals surface area contributed by atoms with Gasteiger partial charge < -0.3 is 13.6 Å². The number of fused-ring (bicyclic) bond motifs is 12. The molecule has 0 spiro atoms. The zero-order chi connectivity index (χ0) is 36.0. The minimum atomic E-state index is 0.700. The fourth-order valence-corrected chi connectivity index (χ4v) is 8.77. The van der Waals surface area contributed by atoms with Gasteiger partial charge in [-0.05, 0) is 72.8 Å². The first-order chi connectivity index (χ1) is 27.3. The number of aromatic nitrogens is 4. The first-order valence-electron chi connectivity index (χ1n) is 18.6. The molecular formula is C50H30N4O. The highest BCUT2D eigenvalue weighted by molar-refractivity contribution is 6.32. The van der Waals surface area contributed by atoms with Gasteiger partial charge in [-0.3, -0.25) is 0 Å². The van der Waals surface area contributed by atoms with Crippen LogP contribution >= 0.6 is 0 Å². The highest BCUT2D eigenvalue weighted by Gasteiger charge is 2.24. The smallest absolute Gasteiger partial charge is 0.160 e. The molecule has 0 saturated heterocycles. The Morgan fingerprint density at radius 2 is 1.02 bits per heavy atom. The summed E-state index contributed by atoms with van der Waals surface area (Å²) in [4.78, 5) is 10.2. The Morgan fingerprint density at radius 1 is 0.364 bits per heavy atom. The van der Waals surface area contributed by atoms with E-state index in [0.717, 1.165) is 77.6 Å². The lowest BCUT2D eigenvalue weighted by Gasteiger charge is -2.12. The number of hydrogen-bond donors (Lipinski definition) is 0. The summed E-state index contributed by atoms with van der Waals surface area (Å²) in [6.45, 7) is 0. The van der Waals surface area contributed by atoms with E-state index in [4.69, 9.17) is 14.4 Å². The fourth-order valence-electron chi connectivity index (χ4n) is 8.77. The van der Waals surface area contributed by atoms with Crippen LogP contribution in [-0.2, 0) is 0 Å². The monoisotopic (exact) mass is 702 g/mol. The van der Waals surface area contributed by atoms with Gasteiger partial charge in [0.05, 0.1) is 33.3 Å². The maximum absolute atomic E-state index is 6.45. The van der Waals surface area contributed by atoms with Gasteiger partial charge in [0.1, 0.15) is 11.2 Å². The summed E-state index contributed by atoms with van der Waals surface area (Å²) in [7, 11) is 0. The summed E-state index contributed by atoms with van der Waals surface area (Å²) in [5, 5.41) is 8.08. The highest BCUT2D eigenvalue weighted by atomic mass is 16.3. The van der Waals surface area contributed by atoms with Crippen LogP contribution in [0.3, 0.4) is 0 Å². The summed E-state index contributed by atoms with van der Waals surface area (Å²) in [6, 6.07) is 64.1. The minimum Gasteiger partial charge on any atom is -0.456 e. The Hall–Kier alpha value is -7.50. The molecule has 0 atom stereocenters. The van der Waals surface area contributed by atoms with Crippen LogP contribution in [-0.4, -0.2) is 19.1 Å². The number of hydrogen-bond acceptors (Lipinski definition) is 3. The second-order valence-electron chi connectivity index (χ2n) is 14.1. The second-order valence-corrected chi connectivity index (χ2v) is 14.1. The number of para-hydroxylation sites is 4. The van der Waals surface area contributed by atoms with E-state index in [1.165, 1.54) is 27.1 Å². The Morgan fingerprint density at radius 3 is 1.85 bits per heavy atom. The van der Waals surface area contributed by atoms with Crippen molar-refractivity contribution in [2.45, 2.75) is 0 Å². The van der Waals surface area contributed by atoms with Crippen molar-refractivity contribution in [1.82, 2.24) is 19.1 Å². The molecule has 55 heavy (non-hydrogen) atoms. The van der Waals surface area contributed by atoms with Crippen molar-refractivity contribution in [2.24, 2.45) is 0 Å². The van der Waals surface area contributed by atoms with Crippen LogP contribution in [0.2, 0.25) is 0 Å². The molecule has 0 bridgehead atoms. The molecule has 5 heteroatoms. The van der Waals surface area contributed by atoms with E-state index < -0.39 is 0 Å². The minimum absolute atomic E-state index is 0.700. The Labute approximate surface area is 315 Å². The lowest BCUT2D eigenvalue weighted by molar-refractivity contribution is 0.669. The zero-order valence-electron chi connectivity index (χ0n) is 29.5. The first-order valence-corrected chi connectivity index (χ1v) is 18.6. The molecule has 0 aliphatic carbocycles. The molecule has 256 valence electrons. The van der Waals surface area contributed by atoms with Crippen LogP contribution in [0, 0.1) is 0 Å². The third-order valence-corrected chi connectivity index (χ3v) is 11.1. The molecule has 0 N–H and O–H groups in total. The first kappa shape index (κ1) is 30.0. The molecule has 8 aromatic carbocycles. The molecule has 0 unspecified atom stereocenters. The molecule has 0 saturated carbocycles. The number of furan rings is 1. The highest BCUT2D eigenvalue weighted by Crippen LogP contribution is 2.46. The van der Waals surface area contributed by atoms with E-state index in [1.807, 2.05) is 24.3 Å². The molecule has 0 aliphatic heterocycles. The molecular weight excluding hydrogens is 673 g/mol. The number of benzene rings is 8. The van der Waals surface area contributed by atoms with Crippen molar-refractivity contribution < 1.29 is 4.42 Å². The largest absolute Gasteiger partial charge is 0.456 e. The topological polar surface area (TPSA) is 48.8 Å². The van der Waals surface area contributed by atoms with Crippen LogP contribution in [0.1, 0.15) is 0 Å². The van der Waals surface area contributed by atoms with Gasteiger partial charge in [0, 0.05) is 60.2 Å². The van der Waals surface area contributed by atoms with Gasteiger partial charge in [0.25, 0.3) is 0 Å². The average Bonchev–Trinajstić information content (AvgIpc) is 3.91. The zero-order valence-corrected chi connectivity index (χ0v) is 29.5. The average molecular weight is 703 g/mol. The molecule has 0 aliphatic rings. The predicted octanol–water partition coefficient (Wildman–Crippen LogP) is 13.1. The van der Waals surface area contributed by atoms with E-state index in [9.17, 15) is 0 Å². The Bertz CT molecular complexity index is 3470. The van der Waals surface area contributed by atoms with Crippen LogP contribution < -0.4 is 0 Å². The van der Waals surface area contributed by atoms with Crippen LogP contribution in [0.15, 0.2) is 186 Å². The fraction of sp³-hybridized carbons (Fsp3) is 0. The maximum atomic E-state index is 6.45. The van der Waals surface area contributed by atoms with Gasteiger partial charge in [-0.2, -0.15) is 0 Å². The summed E-state index contributed by atoms with van der Waals surface area (Å²) >= 11 is 0. The number of nitrogens with zero attached hydrogens (tertiary/aromatic N) is 4. The molecule has 12 rings (SSSR count). The van der Waals surface area contributed by atoms with Crippen molar-refractivity contribution in [3.8, 4) is 34.0 Å². The van der Waals surface area contributed by atoms with E-state index in [-0.39, 0.29) is 0 Å². The van der Waals surface area contributed by atoms with E-state index in [2.05, 4.69) is 167 Å². The molecule has 4 heterocycles. The molecule has 12 aromatic rings. The Kier molecular flexibility index (Phi) is 6.27. The van der Waals surface area contributed by atoms with Gasteiger partial charge in [-0.25, -0.2) is 9.97 Å². The number of rotatable bonds is 4. The SMILES string of the molecule is c1ccc(-c2nc(-c3ccc(-n4c5ccc6oc7ccccc7c6c5c5ccc6c(c7ccccc7n6-c6ccccc6)c54)cc3)nc3ccccc23)cc1. The van der Waals surface area contributed by atoms with Gasteiger partial charge in [0.15, 0.2) is 5.82 Å². The van der Waals surface area contributed by atoms with Gasteiger partial charge in [0.2, 0.25) is 0 Å². The third kappa shape index (κ3) is 4.35. The van der Waals surface area contributed by atoms with Crippen molar-refractivity contribution in [2.75, 3.05) is 0 Å². The standard InChI is InChI=1S/C50H30N4O/c1-3-13-31(14-4-1)48-35-17-7-10-20-39(35)51-50(52-48)32-23-25-34(26-24-32)54-41-29-30-44-47(37-19-9-12-22-43(37)55-44)45(41)38-27-28-42-46(49(38)54)36-18-8-11-21-40(36)53(42)33-15-5-2-6-16-33/h1-30H. The van der Waals surface area contributed by atoms with Crippen LogP contribution in [0.5, 0.6) is 0 Å². The summed E-state index contributed by atoms with van der Waals surface area (Å²) in [5.41, 5.74) is 12.5. The van der Waals surface area contributed by atoms with Gasteiger partial charge in [-0.15, -0.1) is 0 Å². The van der Waals surface area contributed by atoms with Crippen LogP contribution in [0.4, 0.5) is 0 Å². The van der Waals surface area contributed by atoms with Crippen molar-refractivity contribution >= 4 is 76.5 Å². The summed E-state index contributed by atoms with van der Waals surface area (Å²) < 4.78 is 11.3. The normalized spacial score (nSPS) is 12.0. The summed E-state index contributed by atoms with van der Waals surface area (Å²) in [5.74, 6) is 0.700. The van der Waals surface area contributed by atoms with Crippen molar-refractivity contribution in [1.29, 1.82) is 0 Å². The molecule has 0 radical (unpaired) electrons. The molecule has 0 amide bonds. The van der Waals surface area contributed by atoms with E-state index >= 15 is 0 Å². The van der Waals surface area contributed by atoms with Gasteiger partial charge in [-0.1, -0.05) is 109 Å². The lowest BCUT2D eigenvalue weighted by atomic mass is 10.0. The quantitative estimate of drug-likeness (QED) is 0.183. The van der Waals surface area contributed by atoms with E-state index in [1.54, 1.807) is 0 Å². The Balaban J connectivity index is 1.16. The molecule has 0 fully saturated rings.